The van der Waals surface area contributed by atoms with E-state index in [2.05, 4.69) is 19.9 Å². The van der Waals surface area contributed by atoms with Gasteiger partial charge in [-0.3, -0.25) is 0 Å². The minimum absolute atomic E-state index is 0.0695. The first-order valence-electron chi connectivity index (χ1n) is 4.73. The molecule has 16 heavy (non-hydrogen) atoms. The first-order chi connectivity index (χ1) is 7.69. The van der Waals surface area contributed by atoms with Crippen LogP contribution in [0.25, 0.3) is 0 Å². The Balaban J connectivity index is 2.86. The van der Waals surface area contributed by atoms with Crippen LogP contribution in [-0.4, -0.2) is 40.3 Å². The molecule has 1 aromatic heterocycles. The number of esters is 2. The highest BCUT2D eigenvalue weighted by Gasteiger charge is 2.15. The Kier molecular flexibility index (Phi) is 4.31. The number of rotatable bonds is 4. The number of carbonyl (C=O) groups excluding carboxylic acids is 2. The molecule has 0 bridgehead atoms. The number of hydrogen-bond acceptors (Lipinski definition) is 7. The van der Waals surface area contributed by atoms with Crippen LogP contribution < -0.4 is 0 Å². The van der Waals surface area contributed by atoms with E-state index in [-0.39, 0.29) is 24.7 Å². The number of aromatic nitrogens is 3. The van der Waals surface area contributed by atoms with Crippen LogP contribution in [0.3, 0.4) is 0 Å². The number of hydrogen-bond donors (Lipinski definition) is 0. The molecule has 0 spiro atoms. The maximum Gasteiger partial charge on any atom is 0.378 e. The van der Waals surface area contributed by atoms with Gasteiger partial charge >= 0.3 is 11.9 Å². The van der Waals surface area contributed by atoms with Crippen molar-refractivity contribution >= 4 is 11.9 Å². The molecule has 7 heteroatoms. The SMILES string of the molecule is CCOC(=O)c1cnnc(C(=O)OCC)n1. The van der Waals surface area contributed by atoms with Gasteiger partial charge in [0.2, 0.25) is 0 Å². The van der Waals surface area contributed by atoms with Crippen LogP contribution in [0.15, 0.2) is 6.20 Å². The van der Waals surface area contributed by atoms with Crippen LogP contribution in [0.2, 0.25) is 0 Å². The molecule has 86 valence electrons. The lowest BCUT2D eigenvalue weighted by atomic mass is 10.4. The minimum atomic E-state index is -0.721. The van der Waals surface area contributed by atoms with E-state index in [1.807, 2.05) is 0 Å². The monoisotopic (exact) mass is 225 g/mol. The molecule has 1 aromatic rings. The lowest BCUT2D eigenvalue weighted by Gasteiger charge is -2.02. The second-order valence-electron chi connectivity index (χ2n) is 2.61. The molecule has 0 fully saturated rings. The summed E-state index contributed by atoms with van der Waals surface area (Å²) in [5.41, 5.74) is -0.0695. The van der Waals surface area contributed by atoms with Crippen LogP contribution in [0, 0.1) is 0 Å². The zero-order valence-electron chi connectivity index (χ0n) is 8.97. The fourth-order valence-corrected chi connectivity index (χ4v) is 0.889. The van der Waals surface area contributed by atoms with Gasteiger partial charge in [0.15, 0.2) is 5.69 Å². The number of carbonyl (C=O) groups is 2. The highest BCUT2D eigenvalue weighted by molar-refractivity contribution is 5.89. The standard InChI is InChI=1S/C9H11N3O4/c1-3-15-8(13)6-5-10-12-7(11-6)9(14)16-4-2/h5H,3-4H2,1-2H3. The maximum absolute atomic E-state index is 11.3. The lowest BCUT2D eigenvalue weighted by Crippen LogP contribution is -2.15. The van der Waals surface area contributed by atoms with Gasteiger partial charge in [-0.1, -0.05) is 0 Å². The van der Waals surface area contributed by atoms with Gasteiger partial charge in [0.25, 0.3) is 5.82 Å². The molecule has 1 heterocycles. The molecule has 0 amide bonds. The zero-order valence-corrected chi connectivity index (χ0v) is 8.97. The normalized spacial score (nSPS) is 9.62. The molecular weight excluding hydrogens is 214 g/mol. The van der Waals surface area contributed by atoms with Crippen LogP contribution in [0.4, 0.5) is 0 Å². The van der Waals surface area contributed by atoms with Gasteiger partial charge in [0.05, 0.1) is 19.4 Å². The van der Waals surface area contributed by atoms with E-state index in [0.29, 0.717) is 0 Å². The van der Waals surface area contributed by atoms with Crippen molar-refractivity contribution in [1.29, 1.82) is 0 Å². The third-order valence-electron chi connectivity index (χ3n) is 1.50. The molecule has 0 aliphatic heterocycles. The van der Waals surface area contributed by atoms with E-state index in [4.69, 9.17) is 4.74 Å². The predicted octanol–water partition coefficient (Wildman–Crippen LogP) is 0.225. The fraction of sp³-hybridized carbons (Fsp3) is 0.444. The first kappa shape index (κ1) is 12.0. The fourth-order valence-electron chi connectivity index (χ4n) is 0.889. The molecule has 0 unspecified atom stereocenters. The van der Waals surface area contributed by atoms with Crippen LogP contribution in [0.1, 0.15) is 35.0 Å². The second kappa shape index (κ2) is 5.74. The van der Waals surface area contributed by atoms with Gasteiger partial charge in [-0.05, 0) is 13.8 Å². The van der Waals surface area contributed by atoms with Gasteiger partial charge in [0.1, 0.15) is 0 Å². The third-order valence-corrected chi connectivity index (χ3v) is 1.50. The van der Waals surface area contributed by atoms with Gasteiger partial charge in [-0.25, -0.2) is 14.6 Å². The average molecular weight is 225 g/mol. The molecule has 0 saturated carbocycles. The Morgan fingerprint density at radius 2 is 1.81 bits per heavy atom. The van der Waals surface area contributed by atoms with Gasteiger partial charge < -0.3 is 9.47 Å². The van der Waals surface area contributed by atoms with Crippen molar-refractivity contribution in [3.63, 3.8) is 0 Å². The molecule has 0 atom stereocenters. The Morgan fingerprint density at radius 1 is 1.19 bits per heavy atom. The van der Waals surface area contributed by atoms with Gasteiger partial charge in [-0.15, -0.1) is 5.10 Å². The summed E-state index contributed by atoms with van der Waals surface area (Å²) in [5.74, 6) is -1.63. The minimum Gasteiger partial charge on any atom is -0.461 e. The topological polar surface area (TPSA) is 91.3 Å². The Morgan fingerprint density at radius 3 is 2.44 bits per heavy atom. The van der Waals surface area contributed by atoms with Crippen molar-refractivity contribution in [1.82, 2.24) is 15.2 Å². The van der Waals surface area contributed by atoms with Crippen molar-refractivity contribution in [3.8, 4) is 0 Å². The highest BCUT2D eigenvalue weighted by atomic mass is 16.5. The zero-order chi connectivity index (χ0) is 12.0. The first-order valence-corrected chi connectivity index (χ1v) is 4.73. The molecule has 0 radical (unpaired) electrons. The summed E-state index contributed by atoms with van der Waals surface area (Å²) < 4.78 is 9.37. The van der Waals surface area contributed by atoms with Crippen molar-refractivity contribution in [3.05, 3.63) is 17.7 Å². The quantitative estimate of drug-likeness (QED) is 0.677. The molecule has 0 aromatic carbocycles. The van der Waals surface area contributed by atoms with E-state index in [9.17, 15) is 9.59 Å². The summed E-state index contributed by atoms with van der Waals surface area (Å²) >= 11 is 0. The van der Waals surface area contributed by atoms with Crippen LogP contribution in [0.5, 0.6) is 0 Å². The molecular formula is C9H11N3O4. The van der Waals surface area contributed by atoms with Crippen molar-refractivity contribution in [2.45, 2.75) is 13.8 Å². The van der Waals surface area contributed by atoms with E-state index in [1.165, 1.54) is 0 Å². The number of ether oxygens (including phenoxy) is 2. The molecule has 0 N–H and O–H groups in total. The largest absolute Gasteiger partial charge is 0.461 e. The summed E-state index contributed by atoms with van der Waals surface area (Å²) in [6.45, 7) is 3.74. The second-order valence-corrected chi connectivity index (χ2v) is 2.61. The molecule has 0 aliphatic rings. The summed E-state index contributed by atoms with van der Waals surface area (Å²) in [6, 6.07) is 0. The highest BCUT2D eigenvalue weighted by Crippen LogP contribution is 1.98. The van der Waals surface area contributed by atoms with E-state index < -0.39 is 11.9 Å². The smallest absolute Gasteiger partial charge is 0.378 e. The molecule has 0 saturated heterocycles. The lowest BCUT2D eigenvalue weighted by molar-refractivity contribution is 0.0503. The molecule has 0 aliphatic carbocycles. The van der Waals surface area contributed by atoms with E-state index >= 15 is 0 Å². The summed E-state index contributed by atoms with van der Waals surface area (Å²) in [4.78, 5) is 26.2. The van der Waals surface area contributed by atoms with E-state index in [1.54, 1.807) is 13.8 Å². The van der Waals surface area contributed by atoms with Gasteiger partial charge in [-0.2, -0.15) is 5.10 Å². The van der Waals surface area contributed by atoms with Crippen molar-refractivity contribution in [2.24, 2.45) is 0 Å². The van der Waals surface area contributed by atoms with Crippen molar-refractivity contribution in [2.75, 3.05) is 13.2 Å². The Bertz CT molecular complexity index is 361. The summed E-state index contributed by atoms with van der Waals surface area (Å²) in [6.07, 6.45) is 1.13. The average Bonchev–Trinajstić information content (AvgIpc) is 2.30. The van der Waals surface area contributed by atoms with E-state index in [0.717, 1.165) is 6.20 Å². The predicted molar refractivity (Wildman–Crippen MR) is 51.7 cm³/mol. The number of nitrogens with zero attached hydrogens (tertiary/aromatic N) is 3. The van der Waals surface area contributed by atoms with Crippen LogP contribution in [-0.2, 0) is 9.47 Å². The van der Waals surface area contributed by atoms with Crippen molar-refractivity contribution < 1.29 is 19.1 Å². The Labute approximate surface area is 91.8 Å². The van der Waals surface area contributed by atoms with Gasteiger partial charge in [0, 0.05) is 0 Å². The maximum atomic E-state index is 11.3. The Hall–Kier alpha value is -2.05. The third kappa shape index (κ3) is 2.97. The molecule has 7 nitrogen and oxygen atoms in total. The molecule has 1 rings (SSSR count). The summed E-state index contributed by atoms with van der Waals surface area (Å²) in [7, 11) is 0. The summed E-state index contributed by atoms with van der Waals surface area (Å²) in [5, 5.41) is 6.93. The van der Waals surface area contributed by atoms with Crippen LogP contribution >= 0.6 is 0 Å².